The number of amides is 1. The van der Waals surface area contributed by atoms with Gasteiger partial charge >= 0.3 is 5.97 Å². The summed E-state index contributed by atoms with van der Waals surface area (Å²) in [6.45, 7) is 1.52. The summed E-state index contributed by atoms with van der Waals surface area (Å²) in [6.07, 6.45) is 5.89. The standard InChI is InChI=1S/C18H25NO4/c1-13(17(21)19-16-6-4-2-3-5-7-16)23-18(22)15-10-8-14(12-20)9-11-15/h8-11,13,16,20H,2-7,12H2,1H3,(H,19,21)/t13-/m0/s1. The topological polar surface area (TPSA) is 75.6 Å². The average molecular weight is 319 g/mol. The first-order chi connectivity index (χ1) is 11.1. The van der Waals surface area contributed by atoms with Gasteiger partial charge in [0.1, 0.15) is 0 Å². The van der Waals surface area contributed by atoms with Crippen LogP contribution in [-0.4, -0.2) is 29.1 Å². The molecule has 1 atom stereocenters. The van der Waals surface area contributed by atoms with Gasteiger partial charge in [-0.05, 0) is 37.5 Å². The van der Waals surface area contributed by atoms with Crippen molar-refractivity contribution in [2.45, 2.75) is 64.2 Å². The average Bonchev–Trinajstić information content (AvgIpc) is 2.83. The summed E-state index contributed by atoms with van der Waals surface area (Å²) in [7, 11) is 0. The highest BCUT2D eigenvalue weighted by Gasteiger charge is 2.22. The fourth-order valence-corrected chi connectivity index (χ4v) is 2.77. The minimum atomic E-state index is -0.816. The van der Waals surface area contributed by atoms with E-state index < -0.39 is 12.1 Å². The number of hydrogen-bond donors (Lipinski definition) is 2. The predicted octanol–water partition coefficient (Wildman–Crippen LogP) is 2.56. The Hall–Kier alpha value is -1.88. The highest BCUT2D eigenvalue weighted by atomic mass is 16.5. The number of aliphatic hydroxyl groups excluding tert-OH is 1. The summed E-state index contributed by atoms with van der Waals surface area (Å²) < 4.78 is 5.23. The number of esters is 1. The highest BCUT2D eigenvalue weighted by Crippen LogP contribution is 2.17. The summed E-state index contributed by atoms with van der Waals surface area (Å²) in [4.78, 5) is 24.2. The molecule has 1 aliphatic rings. The molecule has 1 fully saturated rings. The van der Waals surface area contributed by atoms with Crippen molar-refractivity contribution in [2.75, 3.05) is 0 Å². The molecule has 1 amide bonds. The molecule has 23 heavy (non-hydrogen) atoms. The van der Waals surface area contributed by atoms with Gasteiger partial charge in [0.15, 0.2) is 6.10 Å². The quantitative estimate of drug-likeness (QED) is 0.646. The first-order valence-electron chi connectivity index (χ1n) is 8.31. The van der Waals surface area contributed by atoms with Crippen LogP contribution in [-0.2, 0) is 16.1 Å². The minimum absolute atomic E-state index is 0.0739. The summed E-state index contributed by atoms with van der Waals surface area (Å²) in [5, 5.41) is 12.0. The molecule has 1 aliphatic carbocycles. The largest absolute Gasteiger partial charge is 0.449 e. The van der Waals surface area contributed by atoms with Crippen molar-refractivity contribution in [2.24, 2.45) is 0 Å². The van der Waals surface area contributed by atoms with E-state index in [0.29, 0.717) is 5.56 Å². The Balaban J connectivity index is 1.85. The van der Waals surface area contributed by atoms with Crippen LogP contribution in [0.2, 0.25) is 0 Å². The fraction of sp³-hybridized carbons (Fsp3) is 0.556. The predicted molar refractivity (Wildman–Crippen MR) is 86.9 cm³/mol. The SMILES string of the molecule is C[C@H](OC(=O)c1ccc(CO)cc1)C(=O)NC1CCCCCC1. The molecule has 0 aromatic heterocycles. The molecule has 1 saturated carbocycles. The van der Waals surface area contributed by atoms with E-state index >= 15 is 0 Å². The summed E-state index contributed by atoms with van der Waals surface area (Å²) in [5.74, 6) is -0.768. The minimum Gasteiger partial charge on any atom is -0.449 e. The molecule has 0 saturated heterocycles. The summed E-state index contributed by atoms with van der Waals surface area (Å²) in [5.41, 5.74) is 1.09. The van der Waals surface area contributed by atoms with E-state index in [2.05, 4.69) is 5.32 Å². The lowest BCUT2D eigenvalue weighted by molar-refractivity contribution is -0.129. The van der Waals surface area contributed by atoms with Crippen molar-refractivity contribution in [3.05, 3.63) is 35.4 Å². The third-order valence-electron chi connectivity index (χ3n) is 4.23. The molecule has 5 heteroatoms. The second-order valence-corrected chi connectivity index (χ2v) is 6.10. The van der Waals surface area contributed by atoms with Gasteiger partial charge in [-0.1, -0.05) is 37.8 Å². The van der Waals surface area contributed by atoms with Crippen LogP contribution in [0.3, 0.4) is 0 Å². The summed E-state index contributed by atoms with van der Waals surface area (Å²) in [6, 6.07) is 6.68. The number of carbonyl (C=O) groups excluding carboxylic acids is 2. The van der Waals surface area contributed by atoms with E-state index in [1.54, 1.807) is 31.2 Å². The number of nitrogens with one attached hydrogen (secondary N) is 1. The van der Waals surface area contributed by atoms with E-state index in [-0.39, 0.29) is 18.6 Å². The maximum Gasteiger partial charge on any atom is 0.338 e. The van der Waals surface area contributed by atoms with Crippen LogP contribution in [0.15, 0.2) is 24.3 Å². The normalized spacial score (nSPS) is 17.1. The smallest absolute Gasteiger partial charge is 0.338 e. The van der Waals surface area contributed by atoms with Gasteiger partial charge in [0, 0.05) is 6.04 Å². The molecule has 0 unspecified atom stereocenters. The van der Waals surface area contributed by atoms with Gasteiger partial charge < -0.3 is 15.2 Å². The number of carbonyl (C=O) groups is 2. The maximum atomic E-state index is 12.2. The van der Waals surface area contributed by atoms with Crippen LogP contribution >= 0.6 is 0 Å². The molecule has 0 aliphatic heterocycles. The van der Waals surface area contributed by atoms with Crippen LogP contribution < -0.4 is 5.32 Å². The molecule has 2 N–H and O–H groups in total. The Labute approximate surface area is 137 Å². The molecule has 0 radical (unpaired) electrons. The lowest BCUT2D eigenvalue weighted by atomic mass is 10.1. The van der Waals surface area contributed by atoms with Crippen molar-refractivity contribution in [3.63, 3.8) is 0 Å². The first kappa shape index (κ1) is 17.5. The van der Waals surface area contributed by atoms with E-state index in [4.69, 9.17) is 9.84 Å². The van der Waals surface area contributed by atoms with Gasteiger partial charge in [0.2, 0.25) is 0 Å². The Morgan fingerprint density at radius 1 is 1.17 bits per heavy atom. The van der Waals surface area contributed by atoms with Crippen molar-refractivity contribution in [1.29, 1.82) is 0 Å². The van der Waals surface area contributed by atoms with Crippen molar-refractivity contribution in [3.8, 4) is 0 Å². The van der Waals surface area contributed by atoms with Crippen molar-refractivity contribution < 1.29 is 19.4 Å². The number of hydrogen-bond acceptors (Lipinski definition) is 4. The summed E-state index contributed by atoms with van der Waals surface area (Å²) >= 11 is 0. The molecule has 0 bridgehead atoms. The molecule has 2 rings (SSSR count). The van der Waals surface area contributed by atoms with E-state index in [0.717, 1.165) is 31.2 Å². The highest BCUT2D eigenvalue weighted by molar-refractivity contribution is 5.92. The Morgan fingerprint density at radius 2 is 1.78 bits per heavy atom. The lowest BCUT2D eigenvalue weighted by Gasteiger charge is -2.19. The molecule has 1 aromatic carbocycles. The van der Waals surface area contributed by atoms with Gasteiger partial charge in [-0.15, -0.1) is 0 Å². The Kier molecular flexibility index (Phi) is 6.59. The Bertz CT molecular complexity index is 518. The van der Waals surface area contributed by atoms with Crippen molar-refractivity contribution in [1.82, 2.24) is 5.32 Å². The van der Waals surface area contributed by atoms with E-state index in [9.17, 15) is 9.59 Å². The van der Waals surface area contributed by atoms with Crippen LogP contribution in [0, 0.1) is 0 Å². The molecule has 126 valence electrons. The Morgan fingerprint density at radius 3 is 2.35 bits per heavy atom. The number of ether oxygens (including phenoxy) is 1. The lowest BCUT2D eigenvalue weighted by Crippen LogP contribution is -2.41. The first-order valence-corrected chi connectivity index (χ1v) is 8.31. The third kappa shape index (κ3) is 5.36. The van der Waals surface area contributed by atoms with Gasteiger partial charge in [-0.2, -0.15) is 0 Å². The van der Waals surface area contributed by atoms with Crippen molar-refractivity contribution >= 4 is 11.9 Å². The molecule has 0 spiro atoms. The van der Waals surface area contributed by atoms with Crippen LogP contribution in [0.25, 0.3) is 0 Å². The zero-order valence-electron chi connectivity index (χ0n) is 13.6. The van der Waals surface area contributed by atoms with Crippen LogP contribution in [0.5, 0.6) is 0 Å². The zero-order chi connectivity index (χ0) is 16.7. The van der Waals surface area contributed by atoms with Crippen LogP contribution in [0.4, 0.5) is 0 Å². The molecular weight excluding hydrogens is 294 g/mol. The second-order valence-electron chi connectivity index (χ2n) is 6.10. The maximum absolute atomic E-state index is 12.2. The zero-order valence-corrected chi connectivity index (χ0v) is 13.6. The third-order valence-corrected chi connectivity index (χ3v) is 4.23. The van der Waals surface area contributed by atoms with E-state index in [1.165, 1.54) is 12.8 Å². The van der Waals surface area contributed by atoms with Gasteiger partial charge in [-0.25, -0.2) is 4.79 Å². The monoisotopic (exact) mass is 319 g/mol. The van der Waals surface area contributed by atoms with Gasteiger partial charge in [0.05, 0.1) is 12.2 Å². The molecular formula is C18H25NO4. The second kappa shape index (κ2) is 8.67. The molecule has 5 nitrogen and oxygen atoms in total. The fourth-order valence-electron chi connectivity index (χ4n) is 2.77. The molecule has 1 aromatic rings. The van der Waals surface area contributed by atoms with E-state index in [1.807, 2.05) is 0 Å². The van der Waals surface area contributed by atoms with Gasteiger partial charge in [0.25, 0.3) is 5.91 Å². The van der Waals surface area contributed by atoms with Gasteiger partial charge in [-0.3, -0.25) is 4.79 Å². The number of benzene rings is 1. The molecule has 0 heterocycles. The number of aliphatic hydroxyl groups is 1. The number of rotatable bonds is 5. The van der Waals surface area contributed by atoms with Crippen LogP contribution in [0.1, 0.15) is 61.4 Å².